The molecule has 0 aliphatic carbocycles. The minimum atomic E-state index is -0.123. The zero-order chi connectivity index (χ0) is 19.4. The Labute approximate surface area is 166 Å². The summed E-state index contributed by atoms with van der Waals surface area (Å²) in [5.41, 5.74) is 1.44. The third kappa shape index (κ3) is 4.90. The predicted octanol–water partition coefficient (Wildman–Crippen LogP) is 3.71. The molecule has 27 heavy (non-hydrogen) atoms. The Morgan fingerprint density at radius 3 is 2.59 bits per heavy atom. The van der Waals surface area contributed by atoms with Gasteiger partial charge in [-0.05, 0) is 43.7 Å². The van der Waals surface area contributed by atoms with Gasteiger partial charge in [0.1, 0.15) is 0 Å². The van der Waals surface area contributed by atoms with Crippen molar-refractivity contribution < 1.29 is 4.79 Å². The van der Waals surface area contributed by atoms with Gasteiger partial charge in [-0.15, -0.1) is 0 Å². The van der Waals surface area contributed by atoms with Crippen LogP contribution in [0.3, 0.4) is 0 Å². The highest BCUT2D eigenvalue weighted by Crippen LogP contribution is 2.19. The van der Waals surface area contributed by atoms with Crippen LogP contribution in [0.4, 0.5) is 0 Å². The van der Waals surface area contributed by atoms with Crippen LogP contribution in [-0.2, 0) is 11.3 Å². The van der Waals surface area contributed by atoms with E-state index in [2.05, 4.69) is 10.3 Å². The van der Waals surface area contributed by atoms with Gasteiger partial charge < -0.3 is 5.32 Å². The first-order chi connectivity index (χ1) is 12.9. The molecule has 0 aliphatic rings. The van der Waals surface area contributed by atoms with E-state index in [0.29, 0.717) is 27.6 Å². The van der Waals surface area contributed by atoms with Crippen molar-refractivity contribution in [1.82, 2.24) is 14.9 Å². The molecule has 0 fully saturated rings. The predicted molar refractivity (Wildman–Crippen MR) is 111 cm³/mol. The lowest BCUT2D eigenvalue weighted by molar-refractivity contribution is -0.119. The molecule has 0 radical (unpaired) electrons. The summed E-state index contributed by atoms with van der Waals surface area (Å²) in [4.78, 5) is 29.7. The standard InChI is InChI=1S/C20H20ClN3O2S/c1-13(2)22-18(25)12-27-20-23-17-6-4-3-5-16(17)19(26)24(20)11-14-7-9-15(21)10-8-14/h3-10,13H,11-12H2,1-2H3,(H,22,25). The van der Waals surface area contributed by atoms with Crippen molar-refractivity contribution in [3.8, 4) is 0 Å². The second-order valence-corrected chi connectivity index (χ2v) is 7.82. The number of hydrogen-bond acceptors (Lipinski definition) is 4. The molecule has 140 valence electrons. The first kappa shape index (κ1) is 19.5. The maximum Gasteiger partial charge on any atom is 0.262 e. The Morgan fingerprint density at radius 2 is 1.89 bits per heavy atom. The van der Waals surface area contributed by atoms with Gasteiger partial charge >= 0.3 is 0 Å². The maximum atomic E-state index is 13.0. The van der Waals surface area contributed by atoms with Gasteiger partial charge in [-0.3, -0.25) is 14.2 Å². The topological polar surface area (TPSA) is 64.0 Å². The fourth-order valence-electron chi connectivity index (χ4n) is 2.66. The molecule has 2 aromatic carbocycles. The summed E-state index contributed by atoms with van der Waals surface area (Å²) in [7, 11) is 0. The summed E-state index contributed by atoms with van der Waals surface area (Å²) in [6.07, 6.45) is 0. The third-order valence-electron chi connectivity index (χ3n) is 3.86. The first-order valence-electron chi connectivity index (χ1n) is 8.60. The molecule has 1 amide bonds. The van der Waals surface area contributed by atoms with Gasteiger partial charge in [-0.1, -0.05) is 47.6 Å². The average Bonchev–Trinajstić information content (AvgIpc) is 2.64. The van der Waals surface area contributed by atoms with Crippen LogP contribution in [0.5, 0.6) is 0 Å². The van der Waals surface area contributed by atoms with Gasteiger partial charge in [0.2, 0.25) is 5.91 Å². The van der Waals surface area contributed by atoms with E-state index in [1.807, 2.05) is 44.2 Å². The second kappa shape index (κ2) is 8.59. The lowest BCUT2D eigenvalue weighted by Crippen LogP contribution is -2.32. The highest BCUT2D eigenvalue weighted by molar-refractivity contribution is 7.99. The minimum Gasteiger partial charge on any atom is -0.353 e. The lowest BCUT2D eigenvalue weighted by atomic mass is 10.2. The molecule has 1 heterocycles. The van der Waals surface area contributed by atoms with Crippen molar-refractivity contribution >= 4 is 40.2 Å². The second-order valence-electron chi connectivity index (χ2n) is 6.44. The van der Waals surface area contributed by atoms with Crippen LogP contribution >= 0.6 is 23.4 Å². The van der Waals surface area contributed by atoms with E-state index in [1.165, 1.54) is 11.8 Å². The smallest absolute Gasteiger partial charge is 0.262 e. The molecule has 1 aromatic heterocycles. The molecule has 0 saturated heterocycles. The number of benzene rings is 2. The summed E-state index contributed by atoms with van der Waals surface area (Å²) < 4.78 is 1.61. The number of thioether (sulfide) groups is 1. The Kier molecular flexibility index (Phi) is 6.19. The van der Waals surface area contributed by atoms with E-state index in [1.54, 1.807) is 22.8 Å². The van der Waals surface area contributed by atoms with Crippen LogP contribution in [0.15, 0.2) is 58.5 Å². The first-order valence-corrected chi connectivity index (χ1v) is 9.96. The molecular weight excluding hydrogens is 382 g/mol. The number of hydrogen-bond donors (Lipinski definition) is 1. The normalized spacial score (nSPS) is 11.1. The van der Waals surface area contributed by atoms with Crippen molar-refractivity contribution in [1.29, 1.82) is 0 Å². The molecule has 3 rings (SSSR count). The van der Waals surface area contributed by atoms with Gasteiger partial charge in [0.05, 0.1) is 23.2 Å². The summed E-state index contributed by atoms with van der Waals surface area (Å²) in [6, 6.07) is 14.6. The van der Waals surface area contributed by atoms with Gasteiger partial charge in [-0.2, -0.15) is 0 Å². The fraction of sp³-hybridized carbons (Fsp3) is 0.250. The van der Waals surface area contributed by atoms with E-state index in [9.17, 15) is 9.59 Å². The third-order valence-corrected chi connectivity index (χ3v) is 5.09. The lowest BCUT2D eigenvalue weighted by Gasteiger charge is -2.14. The fourth-order valence-corrected chi connectivity index (χ4v) is 3.60. The number of carbonyl (C=O) groups is 1. The zero-order valence-corrected chi connectivity index (χ0v) is 16.7. The number of nitrogens with one attached hydrogen (secondary N) is 1. The summed E-state index contributed by atoms with van der Waals surface area (Å²) in [5, 5.41) is 4.57. The molecule has 7 heteroatoms. The molecule has 0 spiro atoms. The van der Waals surface area contributed by atoms with Crippen molar-refractivity contribution in [3.05, 3.63) is 69.5 Å². The van der Waals surface area contributed by atoms with E-state index in [0.717, 1.165) is 5.56 Å². The Balaban J connectivity index is 1.97. The van der Waals surface area contributed by atoms with E-state index in [4.69, 9.17) is 11.6 Å². The summed E-state index contributed by atoms with van der Waals surface area (Å²) in [5.74, 6) is 0.110. The quantitative estimate of drug-likeness (QED) is 0.505. The Morgan fingerprint density at radius 1 is 1.19 bits per heavy atom. The van der Waals surface area contributed by atoms with Crippen LogP contribution in [0.2, 0.25) is 5.02 Å². The Bertz CT molecular complexity index is 1020. The number of aromatic nitrogens is 2. The van der Waals surface area contributed by atoms with Gasteiger partial charge in [0.25, 0.3) is 5.56 Å². The van der Waals surface area contributed by atoms with Crippen LogP contribution in [0.25, 0.3) is 10.9 Å². The highest BCUT2D eigenvalue weighted by Gasteiger charge is 2.14. The number of amides is 1. The number of nitrogens with zero attached hydrogens (tertiary/aromatic N) is 2. The summed E-state index contributed by atoms with van der Waals surface area (Å²) in [6.45, 7) is 4.18. The van der Waals surface area contributed by atoms with Crippen molar-refractivity contribution in [2.75, 3.05) is 5.75 Å². The molecule has 3 aromatic rings. The van der Waals surface area contributed by atoms with Crippen molar-refractivity contribution in [3.63, 3.8) is 0 Å². The van der Waals surface area contributed by atoms with Crippen molar-refractivity contribution in [2.45, 2.75) is 31.6 Å². The number of para-hydroxylation sites is 1. The van der Waals surface area contributed by atoms with E-state index >= 15 is 0 Å². The van der Waals surface area contributed by atoms with Gasteiger partial charge in [0, 0.05) is 11.1 Å². The van der Waals surface area contributed by atoms with Crippen LogP contribution < -0.4 is 10.9 Å². The van der Waals surface area contributed by atoms with Gasteiger partial charge in [-0.25, -0.2) is 4.98 Å². The summed E-state index contributed by atoms with van der Waals surface area (Å²) >= 11 is 7.21. The van der Waals surface area contributed by atoms with E-state index in [-0.39, 0.29) is 23.3 Å². The van der Waals surface area contributed by atoms with Crippen molar-refractivity contribution in [2.24, 2.45) is 0 Å². The molecule has 0 bridgehead atoms. The molecule has 0 atom stereocenters. The number of carbonyl (C=O) groups excluding carboxylic acids is 1. The highest BCUT2D eigenvalue weighted by atomic mass is 35.5. The average molecular weight is 402 g/mol. The number of fused-ring (bicyclic) bond motifs is 1. The molecule has 0 unspecified atom stereocenters. The molecule has 5 nitrogen and oxygen atoms in total. The van der Waals surface area contributed by atoms with E-state index < -0.39 is 0 Å². The monoisotopic (exact) mass is 401 g/mol. The molecular formula is C20H20ClN3O2S. The Hall–Kier alpha value is -2.31. The molecule has 1 N–H and O–H groups in total. The zero-order valence-electron chi connectivity index (χ0n) is 15.1. The SMILES string of the molecule is CC(C)NC(=O)CSc1nc2ccccc2c(=O)n1Cc1ccc(Cl)cc1. The largest absolute Gasteiger partial charge is 0.353 e. The number of rotatable bonds is 6. The number of halogens is 1. The molecule has 0 aliphatic heterocycles. The van der Waals surface area contributed by atoms with Crippen LogP contribution in [0.1, 0.15) is 19.4 Å². The van der Waals surface area contributed by atoms with Gasteiger partial charge in [0.15, 0.2) is 5.16 Å². The van der Waals surface area contributed by atoms with Crippen LogP contribution in [0, 0.1) is 0 Å². The minimum absolute atomic E-state index is 0.0684. The maximum absolute atomic E-state index is 13.0. The van der Waals surface area contributed by atoms with Crippen LogP contribution in [-0.4, -0.2) is 27.3 Å². The molecule has 0 saturated carbocycles.